The first-order chi connectivity index (χ1) is 14.1. The number of para-hydroxylation sites is 1. The van der Waals surface area contributed by atoms with Crippen LogP contribution in [0.5, 0.6) is 0 Å². The maximum atomic E-state index is 14.0. The smallest absolute Gasteiger partial charge is 0.414 e. The molecule has 0 N–H and O–H groups in total. The average molecular weight is 429 g/mol. The lowest BCUT2D eigenvalue weighted by Crippen LogP contribution is -2.46. The van der Waals surface area contributed by atoms with Gasteiger partial charge in [-0.05, 0) is 44.5 Å². The van der Waals surface area contributed by atoms with Gasteiger partial charge in [-0.3, -0.25) is 9.11 Å². The van der Waals surface area contributed by atoms with Crippen LogP contribution in [-0.2, 0) is 21.6 Å². The summed E-state index contributed by atoms with van der Waals surface area (Å²) in [5, 5.41) is 0.659. The number of carbonyl (C=O) groups excluding carboxylic acids is 1. The van der Waals surface area contributed by atoms with Gasteiger partial charge in [0.2, 0.25) is 0 Å². The van der Waals surface area contributed by atoms with Crippen molar-refractivity contribution in [1.29, 1.82) is 0 Å². The predicted octanol–water partition coefficient (Wildman–Crippen LogP) is 4.79. The van der Waals surface area contributed by atoms with Crippen molar-refractivity contribution in [3.63, 3.8) is 0 Å². The summed E-state index contributed by atoms with van der Waals surface area (Å²) in [6.45, 7) is 5.54. The van der Waals surface area contributed by atoms with Crippen LogP contribution in [0.15, 0.2) is 48.5 Å². The number of ether oxygens (including phenoxy) is 1. The van der Waals surface area contributed by atoms with Crippen LogP contribution in [0.4, 0.5) is 14.9 Å². The number of amides is 1. The van der Waals surface area contributed by atoms with Gasteiger partial charge in [-0.25, -0.2) is 14.2 Å². The number of rotatable bonds is 4. The van der Waals surface area contributed by atoms with Crippen LogP contribution in [0.2, 0.25) is 0 Å². The van der Waals surface area contributed by atoms with Crippen LogP contribution < -0.4 is 4.90 Å². The summed E-state index contributed by atoms with van der Waals surface area (Å²) in [5.41, 5.74) is 1.58. The minimum absolute atomic E-state index is 0.202. The highest BCUT2D eigenvalue weighted by Crippen LogP contribution is 2.37. The zero-order valence-electron chi connectivity index (χ0n) is 17.1. The van der Waals surface area contributed by atoms with E-state index in [-0.39, 0.29) is 5.75 Å². The topological polar surface area (TPSA) is 82.6 Å². The molecule has 0 bridgehead atoms. The van der Waals surface area contributed by atoms with Gasteiger partial charge in [-0.1, -0.05) is 41.4 Å². The van der Waals surface area contributed by atoms with E-state index in [4.69, 9.17) is 9.72 Å². The normalized spacial score (nSPS) is 12.6. The van der Waals surface area contributed by atoms with Crippen molar-refractivity contribution in [1.82, 2.24) is 4.98 Å². The van der Waals surface area contributed by atoms with Crippen molar-refractivity contribution in [2.24, 2.45) is 0 Å². The molecule has 0 aliphatic carbocycles. The van der Waals surface area contributed by atoms with Crippen molar-refractivity contribution < 1.29 is 22.7 Å². The first-order valence-corrected chi connectivity index (χ1v) is 10.5. The molecule has 158 valence electrons. The van der Waals surface area contributed by atoms with Gasteiger partial charge in [0.15, 0.2) is 0 Å². The Labute approximate surface area is 177 Å². The van der Waals surface area contributed by atoms with Gasteiger partial charge in [0.1, 0.15) is 5.82 Å². The summed E-state index contributed by atoms with van der Waals surface area (Å²) in [6, 6.07) is 12.8. The molecule has 3 rings (SSSR count). The summed E-state index contributed by atoms with van der Waals surface area (Å²) in [7, 11) is 1.29. The molecule has 0 saturated heterocycles. The number of hydrogen-bond acceptors (Lipinski definition) is 5. The maximum Gasteiger partial charge on any atom is 0.414 e. The molecule has 1 atom stereocenters. The van der Waals surface area contributed by atoms with Crippen LogP contribution in [-0.4, -0.2) is 32.5 Å². The molecule has 8 heteroatoms. The number of anilines is 1. The number of aromatic nitrogens is 1. The molecule has 0 radical (unpaired) electrons. The van der Waals surface area contributed by atoms with Gasteiger partial charge >= 0.3 is 6.09 Å². The molecular formula is C22H22FN2O4S-. The van der Waals surface area contributed by atoms with E-state index in [2.05, 4.69) is 0 Å². The average Bonchev–Trinajstić information content (AvgIpc) is 2.66. The Hall–Kier alpha value is -2.84. The van der Waals surface area contributed by atoms with E-state index in [1.807, 2.05) is 20.8 Å². The molecule has 1 amide bonds. The molecule has 1 aromatic heterocycles. The Kier molecular flexibility index (Phi) is 6.19. The van der Waals surface area contributed by atoms with Crippen molar-refractivity contribution in [2.45, 2.75) is 32.1 Å². The summed E-state index contributed by atoms with van der Waals surface area (Å²) >= 11 is -2.30. The van der Waals surface area contributed by atoms with Crippen molar-refractivity contribution >= 4 is 33.8 Å². The number of benzene rings is 2. The molecule has 1 unspecified atom stereocenters. The lowest BCUT2D eigenvalue weighted by Gasteiger charge is -2.35. The molecular weight excluding hydrogens is 407 g/mol. The standard InChI is InChI=1S/C22H23FN2O4S/c1-22(2,3)25(21(26)29-4)18-12-15-7-5-9-16(13-30(27)28)19(15)24-20(18)14-8-6-10-17(23)11-14/h5-12H,13H2,1-4H3,(H,27,28)/p-1. The molecule has 3 aromatic rings. The Morgan fingerprint density at radius 1 is 1.20 bits per heavy atom. The first-order valence-electron chi connectivity index (χ1n) is 9.24. The molecule has 30 heavy (non-hydrogen) atoms. The number of hydrogen-bond donors (Lipinski definition) is 0. The van der Waals surface area contributed by atoms with Crippen LogP contribution in [0.25, 0.3) is 22.2 Å². The third kappa shape index (κ3) is 4.49. The lowest BCUT2D eigenvalue weighted by molar-refractivity contribution is 0.172. The fourth-order valence-electron chi connectivity index (χ4n) is 3.34. The van der Waals surface area contributed by atoms with Crippen LogP contribution in [0.1, 0.15) is 26.3 Å². The highest BCUT2D eigenvalue weighted by atomic mass is 32.2. The minimum Gasteiger partial charge on any atom is -0.772 e. The van der Waals surface area contributed by atoms with Gasteiger partial charge in [0.05, 0.1) is 24.0 Å². The number of nitrogens with zero attached hydrogens (tertiary/aromatic N) is 2. The number of pyridine rings is 1. The fourth-order valence-corrected chi connectivity index (χ4v) is 3.82. The fraction of sp³-hybridized carbons (Fsp3) is 0.273. The van der Waals surface area contributed by atoms with E-state index in [1.54, 1.807) is 36.4 Å². The Balaban J connectivity index is 2.38. The van der Waals surface area contributed by atoms with Crippen LogP contribution >= 0.6 is 0 Å². The Morgan fingerprint density at radius 3 is 2.50 bits per heavy atom. The van der Waals surface area contributed by atoms with E-state index in [0.717, 1.165) is 0 Å². The largest absolute Gasteiger partial charge is 0.772 e. The van der Waals surface area contributed by atoms with Crippen LogP contribution in [0, 0.1) is 5.82 Å². The lowest BCUT2D eigenvalue weighted by atomic mass is 10.0. The van der Waals surface area contributed by atoms with Gasteiger partial charge in [-0.2, -0.15) is 0 Å². The quantitative estimate of drug-likeness (QED) is 0.557. The molecule has 0 aliphatic rings. The van der Waals surface area contributed by atoms with Gasteiger partial charge < -0.3 is 9.29 Å². The van der Waals surface area contributed by atoms with Crippen LogP contribution in [0.3, 0.4) is 0 Å². The predicted molar refractivity (Wildman–Crippen MR) is 114 cm³/mol. The van der Waals surface area contributed by atoms with Gasteiger partial charge in [0, 0.05) is 22.2 Å². The third-order valence-corrected chi connectivity index (χ3v) is 5.10. The molecule has 6 nitrogen and oxygen atoms in total. The van der Waals surface area contributed by atoms with Crippen molar-refractivity contribution in [3.05, 3.63) is 59.9 Å². The number of carbonyl (C=O) groups is 1. The molecule has 0 spiro atoms. The minimum atomic E-state index is -2.30. The zero-order valence-corrected chi connectivity index (χ0v) is 18.0. The first kappa shape index (κ1) is 21.9. The van der Waals surface area contributed by atoms with Crippen molar-refractivity contribution in [3.8, 4) is 11.3 Å². The van der Waals surface area contributed by atoms with E-state index in [1.165, 1.54) is 24.1 Å². The number of halogens is 1. The Morgan fingerprint density at radius 2 is 1.90 bits per heavy atom. The molecule has 2 aromatic carbocycles. The van der Waals surface area contributed by atoms with E-state index >= 15 is 0 Å². The monoisotopic (exact) mass is 429 g/mol. The van der Waals surface area contributed by atoms with E-state index in [0.29, 0.717) is 33.4 Å². The highest BCUT2D eigenvalue weighted by molar-refractivity contribution is 7.78. The van der Waals surface area contributed by atoms with Gasteiger partial charge in [-0.15, -0.1) is 0 Å². The van der Waals surface area contributed by atoms with Crippen molar-refractivity contribution in [2.75, 3.05) is 12.0 Å². The SMILES string of the molecule is COC(=O)N(c1cc2cccc(CS(=O)[O-])c2nc1-c1cccc(F)c1)C(C)(C)C. The highest BCUT2D eigenvalue weighted by Gasteiger charge is 2.32. The molecule has 0 aliphatic heterocycles. The second-order valence-electron chi connectivity index (χ2n) is 7.78. The third-order valence-electron chi connectivity index (χ3n) is 4.55. The summed E-state index contributed by atoms with van der Waals surface area (Å²) in [5.74, 6) is -0.651. The second kappa shape index (κ2) is 8.49. The summed E-state index contributed by atoms with van der Waals surface area (Å²) < 4.78 is 41.6. The zero-order chi connectivity index (χ0) is 22.1. The van der Waals surface area contributed by atoms with E-state index in [9.17, 15) is 17.9 Å². The molecule has 1 heterocycles. The number of fused-ring (bicyclic) bond motifs is 1. The van der Waals surface area contributed by atoms with E-state index < -0.39 is 28.5 Å². The second-order valence-corrected chi connectivity index (χ2v) is 8.68. The summed E-state index contributed by atoms with van der Waals surface area (Å²) in [6.07, 6.45) is -0.585. The van der Waals surface area contributed by atoms with Gasteiger partial charge in [0.25, 0.3) is 0 Å². The maximum absolute atomic E-state index is 14.0. The Bertz CT molecular complexity index is 1130. The number of methoxy groups -OCH3 is 1. The molecule has 0 fully saturated rings. The molecule has 0 saturated carbocycles. The summed E-state index contributed by atoms with van der Waals surface area (Å²) in [4.78, 5) is 18.8.